The Morgan fingerprint density at radius 2 is 2.18 bits per heavy atom. The number of furan rings is 1. The molecule has 2 aromatic heterocycles. The van der Waals surface area contributed by atoms with Crippen molar-refractivity contribution in [2.24, 2.45) is 0 Å². The van der Waals surface area contributed by atoms with E-state index < -0.39 is 0 Å². The van der Waals surface area contributed by atoms with E-state index in [0.29, 0.717) is 18.8 Å². The zero-order valence-corrected chi connectivity index (χ0v) is 12.9. The molecule has 0 unspecified atom stereocenters. The summed E-state index contributed by atoms with van der Waals surface area (Å²) in [5, 5.41) is 2.88. The monoisotopic (exact) mass is 302 g/mol. The second-order valence-electron chi connectivity index (χ2n) is 5.67. The number of hydrogen-bond donors (Lipinski definition) is 1. The highest BCUT2D eigenvalue weighted by atomic mass is 16.4. The van der Waals surface area contributed by atoms with Crippen LogP contribution in [-0.4, -0.2) is 40.0 Å². The number of rotatable bonds is 6. The lowest BCUT2D eigenvalue weighted by molar-refractivity contribution is 0.0921. The van der Waals surface area contributed by atoms with Crippen LogP contribution >= 0.6 is 0 Å². The molecule has 1 saturated heterocycles. The normalized spacial score (nSPS) is 15.3. The summed E-state index contributed by atoms with van der Waals surface area (Å²) in [5.74, 6) is 2.03. The third kappa shape index (κ3) is 3.57. The summed E-state index contributed by atoms with van der Waals surface area (Å²) in [6.07, 6.45) is 6.17. The van der Waals surface area contributed by atoms with E-state index in [-0.39, 0.29) is 5.91 Å². The average Bonchev–Trinajstić information content (AvgIpc) is 3.23. The van der Waals surface area contributed by atoms with Gasteiger partial charge in [-0.25, -0.2) is 4.98 Å². The van der Waals surface area contributed by atoms with Crippen LogP contribution in [0.15, 0.2) is 28.9 Å². The Balaban J connectivity index is 1.47. The predicted octanol–water partition coefficient (Wildman–Crippen LogP) is 1.81. The molecule has 0 aromatic carbocycles. The largest absolute Gasteiger partial charge is 0.455 e. The Morgan fingerprint density at radius 3 is 2.91 bits per heavy atom. The lowest BCUT2D eigenvalue weighted by atomic mass is 10.4. The van der Waals surface area contributed by atoms with Crippen molar-refractivity contribution in [3.05, 3.63) is 41.9 Å². The maximum absolute atomic E-state index is 12.1. The van der Waals surface area contributed by atoms with Gasteiger partial charge in [0.25, 0.3) is 5.91 Å². The first kappa shape index (κ1) is 14.8. The number of nitrogens with zero attached hydrogens (tertiary/aromatic N) is 3. The molecule has 1 N–H and O–H groups in total. The number of carbonyl (C=O) groups excluding carboxylic acids is 1. The highest BCUT2D eigenvalue weighted by Crippen LogP contribution is 2.15. The molecule has 1 fully saturated rings. The predicted molar refractivity (Wildman–Crippen MR) is 82.5 cm³/mol. The number of likely N-dealkylation sites (tertiary alicyclic amines) is 1. The number of imidazole rings is 1. The van der Waals surface area contributed by atoms with Crippen molar-refractivity contribution in [1.82, 2.24) is 19.8 Å². The zero-order chi connectivity index (χ0) is 15.4. The first-order chi connectivity index (χ1) is 10.7. The summed E-state index contributed by atoms with van der Waals surface area (Å²) < 4.78 is 7.65. The maximum atomic E-state index is 12.1. The summed E-state index contributed by atoms with van der Waals surface area (Å²) in [6, 6.07) is 3.65. The van der Waals surface area contributed by atoms with Crippen LogP contribution in [0.3, 0.4) is 0 Å². The van der Waals surface area contributed by atoms with Crippen molar-refractivity contribution in [2.75, 3.05) is 19.6 Å². The molecule has 0 aliphatic carbocycles. The van der Waals surface area contributed by atoms with Crippen molar-refractivity contribution >= 4 is 5.91 Å². The van der Waals surface area contributed by atoms with E-state index in [1.54, 1.807) is 12.3 Å². The van der Waals surface area contributed by atoms with E-state index in [1.165, 1.54) is 12.8 Å². The van der Waals surface area contributed by atoms with Crippen LogP contribution < -0.4 is 5.32 Å². The van der Waals surface area contributed by atoms with E-state index >= 15 is 0 Å². The van der Waals surface area contributed by atoms with E-state index in [4.69, 9.17) is 4.42 Å². The first-order valence-electron chi connectivity index (χ1n) is 7.79. The maximum Gasteiger partial charge on any atom is 0.287 e. The molecule has 6 nitrogen and oxygen atoms in total. The minimum Gasteiger partial charge on any atom is -0.455 e. The van der Waals surface area contributed by atoms with Crippen molar-refractivity contribution in [2.45, 2.75) is 32.9 Å². The average molecular weight is 302 g/mol. The number of hydrogen-bond acceptors (Lipinski definition) is 4. The van der Waals surface area contributed by atoms with E-state index in [0.717, 1.165) is 31.2 Å². The fourth-order valence-corrected chi connectivity index (χ4v) is 2.76. The van der Waals surface area contributed by atoms with Crippen molar-refractivity contribution in [3.8, 4) is 0 Å². The molecule has 6 heteroatoms. The second-order valence-corrected chi connectivity index (χ2v) is 5.67. The highest BCUT2D eigenvalue weighted by molar-refractivity contribution is 5.91. The first-order valence-corrected chi connectivity index (χ1v) is 7.79. The lowest BCUT2D eigenvalue weighted by Gasteiger charge is -2.11. The molecule has 0 spiro atoms. The van der Waals surface area contributed by atoms with Gasteiger partial charge in [-0.05, 0) is 45.0 Å². The van der Waals surface area contributed by atoms with Gasteiger partial charge in [0, 0.05) is 25.5 Å². The Hall–Kier alpha value is -2.08. The molecular weight excluding hydrogens is 280 g/mol. The van der Waals surface area contributed by atoms with E-state index in [9.17, 15) is 4.79 Å². The summed E-state index contributed by atoms with van der Waals surface area (Å²) in [7, 11) is 0. The summed E-state index contributed by atoms with van der Waals surface area (Å²) in [5.41, 5.74) is 0. The van der Waals surface area contributed by atoms with Crippen molar-refractivity contribution in [1.29, 1.82) is 0 Å². The summed E-state index contributed by atoms with van der Waals surface area (Å²) in [4.78, 5) is 18.6. The van der Waals surface area contributed by atoms with Crippen LogP contribution in [0.1, 0.15) is 35.0 Å². The fraction of sp³-hybridized carbons (Fsp3) is 0.500. The van der Waals surface area contributed by atoms with Gasteiger partial charge in [0.05, 0.1) is 6.54 Å². The van der Waals surface area contributed by atoms with Crippen LogP contribution in [-0.2, 0) is 13.1 Å². The minimum atomic E-state index is -0.162. The molecule has 1 aliphatic rings. The highest BCUT2D eigenvalue weighted by Gasteiger charge is 2.15. The molecule has 0 saturated carbocycles. The Kier molecular flexibility index (Phi) is 4.58. The van der Waals surface area contributed by atoms with Gasteiger partial charge >= 0.3 is 0 Å². The third-order valence-electron chi connectivity index (χ3n) is 4.03. The SMILES string of the molecule is Cc1nccn1CCNC(=O)c1ccc(CN2CCCC2)o1. The topological polar surface area (TPSA) is 63.3 Å². The van der Waals surface area contributed by atoms with Crippen LogP contribution in [0.5, 0.6) is 0 Å². The van der Waals surface area contributed by atoms with Crippen LogP contribution in [0.25, 0.3) is 0 Å². The molecule has 3 rings (SSSR count). The molecule has 1 aliphatic heterocycles. The Bertz CT molecular complexity index is 626. The van der Waals surface area contributed by atoms with Crippen LogP contribution in [0, 0.1) is 6.92 Å². The number of carbonyl (C=O) groups is 1. The lowest BCUT2D eigenvalue weighted by Crippen LogP contribution is -2.27. The van der Waals surface area contributed by atoms with Gasteiger partial charge in [-0.2, -0.15) is 0 Å². The van der Waals surface area contributed by atoms with Gasteiger partial charge in [0.15, 0.2) is 5.76 Å². The fourth-order valence-electron chi connectivity index (χ4n) is 2.76. The van der Waals surface area contributed by atoms with Gasteiger partial charge in [-0.1, -0.05) is 0 Å². The molecule has 0 bridgehead atoms. The summed E-state index contributed by atoms with van der Waals surface area (Å²) in [6.45, 7) is 6.23. The van der Waals surface area contributed by atoms with Gasteiger partial charge in [0.2, 0.25) is 0 Å². The standard InChI is InChI=1S/C16H22N4O2/c1-13-17-6-10-20(13)11-7-18-16(21)15-5-4-14(22-15)12-19-8-2-3-9-19/h4-6,10H,2-3,7-9,11-12H2,1H3,(H,18,21). The van der Waals surface area contributed by atoms with Crippen molar-refractivity contribution in [3.63, 3.8) is 0 Å². The Labute approximate surface area is 130 Å². The van der Waals surface area contributed by atoms with E-state index in [1.807, 2.05) is 23.8 Å². The van der Waals surface area contributed by atoms with Gasteiger partial charge in [0.1, 0.15) is 11.6 Å². The molecule has 1 amide bonds. The molecule has 0 atom stereocenters. The van der Waals surface area contributed by atoms with Gasteiger partial charge in [-0.3, -0.25) is 9.69 Å². The molecule has 118 valence electrons. The number of aromatic nitrogens is 2. The van der Waals surface area contributed by atoms with Crippen LogP contribution in [0.4, 0.5) is 0 Å². The number of amides is 1. The van der Waals surface area contributed by atoms with Gasteiger partial charge < -0.3 is 14.3 Å². The molecule has 0 radical (unpaired) electrons. The zero-order valence-electron chi connectivity index (χ0n) is 12.9. The second kappa shape index (κ2) is 6.79. The Morgan fingerprint density at radius 1 is 1.36 bits per heavy atom. The van der Waals surface area contributed by atoms with Gasteiger partial charge in [-0.15, -0.1) is 0 Å². The molecular formula is C16H22N4O2. The summed E-state index contributed by atoms with van der Waals surface area (Å²) >= 11 is 0. The smallest absolute Gasteiger partial charge is 0.287 e. The molecule has 22 heavy (non-hydrogen) atoms. The third-order valence-corrected chi connectivity index (χ3v) is 4.03. The number of aryl methyl sites for hydroxylation is 1. The van der Waals surface area contributed by atoms with Crippen molar-refractivity contribution < 1.29 is 9.21 Å². The molecule has 2 aromatic rings. The minimum absolute atomic E-state index is 0.162. The number of nitrogens with one attached hydrogen (secondary N) is 1. The van der Waals surface area contributed by atoms with E-state index in [2.05, 4.69) is 15.2 Å². The van der Waals surface area contributed by atoms with Crippen LogP contribution in [0.2, 0.25) is 0 Å². The molecule has 3 heterocycles. The quantitative estimate of drug-likeness (QED) is 0.884.